The van der Waals surface area contributed by atoms with Gasteiger partial charge in [-0.3, -0.25) is 9.52 Å². The first-order chi connectivity index (χ1) is 11.8. The molecule has 0 unspecified atom stereocenters. The van der Waals surface area contributed by atoms with E-state index < -0.39 is 10.0 Å². The third kappa shape index (κ3) is 4.82. The van der Waals surface area contributed by atoms with Crippen molar-refractivity contribution in [1.82, 2.24) is 4.90 Å². The van der Waals surface area contributed by atoms with Crippen LogP contribution >= 0.6 is 0 Å². The van der Waals surface area contributed by atoms with Crippen LogP contribution in [-0.4, -0.2) is 32.8 Å². The highest BCUT2D eigenvalue weighted by Gasteiger charge is 2.17. The van der Waals surface area contributed by atoms with E-state index in [1.165, 1.54) is 12.1 Å². The summed E-state index contributed by atoms with van der Waals surface area (Å²) in [5, 5.41) is 0. The lowest BCUT2D eigenvalue weighted by Gasteiger charge is -2.17. The predicted molar refractivity (Wildman–Crippen MR) is 100 cm³/mol. The zero-order valence-electron chi connectivity index (χ0n) is 14.8. The third-order valence-corrected chi connectivity index (χ3v) is 5.38. The summed E-state index contributed by atoms with van der Waals surface area (Å²) >= 11 is 0. The molecule has 0 aliphatic carbocycles. The van der Waals surface area contributed by atoms with E-state index in [1.54, 1.807) is 36.2 Å². The van der Waals surface area contributed by atoms with Crippen molar-refractivity contribution in [1.29, 1.82) is 0 Å². The molecule has 1 N–H and O–H groups in total. The molecular weight excluding hydrogens is 336 g/mol. The number of unbranched alkanes of at least 4 members (excludes halogenated alkanes) is 1. The fraction of sp³-hybridized carbons (Fsp3) is 0.316. The zero-order chi connectivity index (χ0) is 18.4. The second-order valence-corrected chi connectivity index (χ2v) is 7.71. The summed E-state index contributed by atoms with van der Waals surface area (Å²) in [5.74, 6) is -0.107. The highest BCUT2D eigenvalue weighted by atomic mass is 32.2. The first-order valence-electron chi connectivity index (χ1n) is 8.29. The molecule has 0 spiro atoms. The number of nitrogens with one attached hydrogen (secondary N) is 1. The summed E-state index contributed by atoms with van der Waals surface area (Å²) in [6, 6.07) is 13.2. The van der Waals surface area contributed by atoms with E-state index in [9.17, 15) is 13.2 Å². The Labute approximate surface area is 149 Å². The van der Waals surface area contributed by atoms with Crippen LogP contribution in [0.4, 0.5) is 5.69 Å². The SMILES string of the molecule is CCCCN(C)C(=O)c1ccc(S(=O)(=O)Nc2ccccc2C)cc1. The topological polar surface area (TPSA) is 66.5 Å². The zero-order valence-corrected chi connectivity index (χ0v) is 15.6. The second-order valence-electron chi connectivity index (χ2n) is 6.03. The standard InChI is InChI=1S/C19H24N2O3S/c1-4-5-14-21(3)19(22)16-10-12-17(13-11-16)25(23,24)20-18-9-7-6-8-15(18)2/h6-13,20H,4-5,14H2,1-3H3. The van der Waals surface area contributed by atoms with Crippen LogP contribution in [0.15, 0.2) is 53.4 Å². The molecule has 0 atom stereocenters. The number of carbonyl (C=O) groups is 1. The predicted octanol–water partition coefficient (Wildman–Crippen LogP) is 3.67. The summed E-state index contributed by atoms with van der Waals surface area (Å²) in [6.45, 7) is 4.59. The van der Waals surface area contributed by atoms with Crippen LogP contribution in [0, 0.1) is 6.92 Å². The number of anilines is 1. The van der Waals surface area contributed by atoms with Gasteiger partial charge in [0.1, 0.15) is 0 Å². The molecule has 5 nitrogen and oxygen atoms in total. The number of nitrogens with zero attached hydrogens (tertiary/aromatic N) is 1. The molecule has 0 fully saturated rings. The molecule has 0 saturated heterocycles. The molecule has 2 aromatic rings. The molecular formula is C19H24N2O3S. The molecule has 0 bridgehead atoms. The van der Waals surface area contributed by atoms with Gasteiger partial charge in [0.2, 0.25) is 0 Å². The number of sulfonamides is 1. The van der Waals surface area contributed by atoms with E-state index in [1.807, 2.05) is 19.1 Å². The van der Waals surface area contributed by atoms with E-state index >= 15 is 0 Å². The highest BCUT2D eigenvalue weighted by Crippen LogP contribution is 2.20. The molecule has 1 amide bonds. The molecule has 2 rings (SSSR count). The number of benzene rings is 2. The van der Waals surface area contributed by atoms with Crippen molar-refractivity contribution in [3.05, 3.63) is 59.7 Å². The van der Waals surface area contributed by atoms with Crippen molar-refractivity contribution in [2.75, 3.05) is 18.3 Å². The Hall–Kier alpha value is -2.34. The van der Waals surface area contributed by atoms with Gasteiger partial charge in [-0.25, -0.2) is 8.42 Å². The van der Waals surface area contributed by atoms with Crippen LogP contribution in [0.3, 0.4) is 0 Å². The van der Waals surface area contributed by atoms with Gasteiger partial charge in [-0.05, 0) is 49.2 Å². The largest absolute Gasteiger partial charge is 0.342 e. The Morgan fingerprint density at radius 2 is 1.72 bits per heavy atom. The number of carbonyl (C=O) groups excluding carboxylic acids is 1. The van der Waals surface area contributed by atoms with Gasteiger partial charge in [0.15, 0.2) is 0 Å². The normalized spacial score (nSPS) is 11.2. The number of aryl methyl sites for hydroxylation is 1. The van der Waals surface area contributed by atoms with E-state index in [2.05, 4.69) is 11.6 Å². The van der Waals surface area contributed by atoms with Gasteiger partial charge in [0, 0.05) is 19.2 Å². The van der Waals surface area contributed by atoms with E-state index in [0.717, 1.165) is 18.4 Å². The van der Waals surface area contributed by atoms with Crippen molar-refractivity contribution in [2.24, 2.45) is 0 Å². The molecule has 2 aromatic carbocycles. The molecule has 134 valence electrons. The van der Waals surface area contributed by atoms with Crippen molar-refractivity contribution < 1.29 is 13.2 Å². The minimum atomic E-state index is -3.69. The number of hydrogen-bond acceptors (Lipinski definition) is 3. The molecule has 25 heavy (non-hydrogen) atoms. The van der Waals surface area contributed by atoms with Crippen LogP contribution in [0.25, 0.3) is 0 Å². The Balaban J connectivity index is 2.16. The first kappa shape index (κ1) is 19.0. The van der Waals surface area contributed by atoms with Crippen LogP contribution in [0.5, 0.6) is 0 Å². The Bertz CT molecular complexity index is 830. The fourth-order valence-electron chi connectivity index (χ4n) is 2.38. The van der Waals surface area contributed by atoms with E-state index in [4.69, 9.17) is 0 Å². The average molecular weight is 360 g/mol. The van der Waals surface area contributed by atoms with Gasteiger partial charge >= 0.3 is 0 Å². The van der Waals surface area contributed by atoms with Gasteiger partial charge in [-0.2, -0.15) is 0 Å². The number of para-hydroxylation sites is 1. The second kappa shape index (κ2) is 8.16. The quantitative estimate of drug-likeness (QED) is 0.819. The highest BCUT2D eigenvalue weighted by molar-refractivity contribution is 7.92. The molecule has 0 aliphatic heterocycles. The van der Waals surface area contributed by atoms with Crippen LogP contribution in [0.1, 0.15) is 35.7 Å². The van der Waals surface area contributed by atoms with Crippen molar-refractivity contribution in [3.63, 3.8) is 0 Å². The number of hydrogen-bond donors (Lipinski definition) is 1. The Morgan fingerprint density at radius 3 is 2.32 bits per heavy atom. The molecule has 0 heterocycles. The van der Waals surface area contributed by atoms with Gasteiger partial charge in [-0.15, -0.1) is 0 Å². The minimum absolute atomic E-state index is 0.107. The van der Waals surface area contributed by atoms with Gasteiger partial charge in [0.05, 0.1) is 10.6 Å². The fourth-order valence-corrected chi connectivity index (χ4v) is 3.52. The van der Waals surface area contributed by atoms with Gasteiger partial charge in [-0.1, -0.05) is 31.5 Å². The van der Waals surface area contributed by atoms with E-state index in [-0.39, 0.29) is 10.8 Å². The number of amides is 1. The van der Waals surface area contributed by atoms with Crippen LogP contribution in [-0.2, 0) is 10.0 Å². The lowest BCUT2D eigenvalue weighted by molar-refractivity contribution is 0.0793. The van der Waals surface area contributed by atoms with Crippen molar-refractivity contribution in [3.8, 4) is 0 Å². The lowest BCUT2D eigenvalue weighted by Crippen LogP contribution is -2.27. The summed E-state index contributed by atoms with van der Waals surface area (Å²) < 4.78 is 27.6. The maximum Gasteiger partial charge on any atom is 0.261 e. The van der Waals surface area contributed by atoms with Gasteiger partial charge < -0.3 is 4.90 Å². The molecule has 0 radical (unpaired) electrons. The summed E-state index contributed by atoms with van der Waals surface area (Å²) in [7, 11) is -1.94. The lowest BCUT2D eigenvalue weighted by atomic mass is 10.2. The molecule has 0 aromatic heterocycles. The van der Waals surface area contributed by atoms with E-state index in [0.29, 0.717) is 17.8 Å². The monoisotopic (exact) mass is 360 g/mol. The number of rotatable bonds is 7. The maximum absolute atomic E-state index is 12.5. The average Bonchev–Trinajstić information content (AvgIpc) is 2.61. The summed E-state index contributed by atoms with van der Waals surface area (Å²) in [6.07, 6.45) is 1.95. The first-order valence-corrected chi connectivity index (χ1v) is 9.77. The van der Waals surface area contributed by atoms with Crippen molar-refractivity contribution >= 4 is 21.6 Å². The van der Waals surface area contributed by atoms with Crippen LogP contribution < -0.4 is 4.72 Å². The maximum atomic E-state index is 12.5. The summed E-state index contributed by atoms with van der Waals surface area (Å²) in [5.41, 5.74) is 1.87. The van der Waals surface area contributed by atoms with Crippen molar-refractivity contribution in [2.45, 2.75) is 31.6 Å². The summed E-state index contributed by atoms with van der Waals surface area (Å²) in [4.78, 5) is 14.1. The minimum Gasteiger partial charge on any atom is -0.342 e. The van der Waals surface area contributed by atoms with Crippen LogP contribution in [0.2, 0.25) is 0 Å². The smallest absolute Gasteiger partial charge is 0.261 e. The van der Waals surface area contributed by atoms with Gasteiger partial charge in [0.25, 0.3) is 15.9 Å². The Kier molecular flexibility index (Phi) is 6.20. The molecule has 6 heteroatoms. The molecule has 0 saturated carbocycles. The molecule has 0 aliphatic rings. The third-order valence-electron chi connectivity index (χ3n) is 3.99. The Morgan fingerprint density at radius 1 is 1.08 bits per heavy atom.